The topological polar surface area (TPSA) is 65.4 Å². The fourth-order valence-electron chi connectivity index (χ4n) is 2.36. The molecule has 0 saturated carbocycles. The van der Waals surface area contributed by atoms with Crippen molar-refractivity contribution in [3.8, 4) is 17.2 Å². The van der Waals surface area contributed by atoms with Crippen LogP contribution < -0.4 is 14.8 Å². The third kappa shape index (κ3) is 4.17. The first-order valence-corrected chi connectivity index (χ1v) is 7.84. The first kappa shape index (κ1) is 16.6. The molecule has 0 aliphatic rings. The van der Waals surface area contributed by atoms with E-state index in [0.29, 0.717) is 11.6 Å². The molecule has 0 fully saturated rings. The molecule has 1 heterocycles. The highest BCUT2D eigenvalue weighted by atomic mass is 16.5. The van der Waals surface area contributed by atoms with Gasteiger partial charge in [0.15, 0.2) is 12.4 Å². The van der Waals surface area contributed by atoms with Gasteiger partial charge in [-0.25, -0.2) is 4.68 Å². The monoisotopic (exact) mass is 337 g/mol. The lowest BCUT2D eigenvalue weighted by molar-refractivity contribution is -0.118. The Labute approximate surface area is 146 Å². The van der Waals surface area contributed by atoms with E-state index in [1.807, 2.05) is 55.5 Å². The fraction of sp³-hybridized carbons (Fsp3) is 0.158. The molecule has 0 radical (unpaired) electrons. The zero-order valence-electron chi connectivity index (χ0n) is 14.1. The van der Waals surface area contributed by atoms with E-state index in [1.54, 1.807) is 23.9 Å². The predicted molar refractivity (Wildman–Crippen MR) is 95.4 cm³/mol. The maximum absolute atomic E-state index is 12.0. The van der Waals surface area contributed by atoms with Gasteiger partial charge in [-0.05, 0) is 43.3 Å². The number of rotatable bonds is 6. The molecule has 0 saturated heterocycles. The number of carbonyl (C=O) groups excluding carboxylic acids is 1. The molecule has 0 bridgehead atoms. The molecule has 128 valence electrons. The first-order valence-electron chi connectivity index (χ1n) is 7.84. The van der Waals surface area contributed by atoms with Gasteiger partial charge in [0.25, 0.3) is 5.91 Å². The van der Waals surface area contributed by atoms with Crippen LogP contribution in [0.25, 0.3) is 5.69 Å². The van der Waals surface area contributed by atoms with Crippen molar-refractivity contribution >= 4 is 11.7 Å². The smallest absolute Gasteiger partial charge is 0.263 e. The lowest BCUT2D eigenvalue weighted by Crippen LogP contribution is -2.20. The van der Waals surface area contributed by atoms with E-state index in [0.717, 1.165) is 17.1 Å². The van der Waals surface area contributed by atoms with E-state index in [2.05, 4.69) is 10.4 Å². The van der Waals surface area contributed by atoms with Crippen molar-refractivity contribution in [2.45, 2.75) is 6.92 Å². The molecule has 1 amide bonds. The summed E-state index contributed by atoms with van der Waals surface area (Å²) in [5.41, 5.74) is 1.80. The number of ether oxygens (including phenoxy) is 2. The molecular weight excluding hydrogens is 318 g/mol. The minimum Gasteiger partial charge on any atom is -0.497 e. The van der Waals surface area contributed by atoms with Gasteiger partial charge in [0, 0.05) is 11.8 Å². The van der Waals surface area contributed by atoms with Gasteiger partial charge in [-0.15, -0.1) is 5.10 Å². The number of carbonyl (C=O) groups is 1. The third-order valence-corrected chi connectivity index (χ3v) is 3.59. The Kier molecular flexibility index (Phi) is 4.99. The standard InChI is InChI=1S/C19H19N3O3/c1-14-12-18(20-19(23)13-25-17-6-4-3-5-7-17)21-22(14)15-8-10-16(24-2)11-9-15/h3-12H,13H2,1-2H3,(H,20,21,23). The van der Waals surface area contributed by atoms with Gasteiger partial charge in [-0.1, -0.05) is 18.2 Å². The van der Waals surface area contributed by atoms with Crippen molar-refractivity contribution in [1.82, 2.24) is 9.78 Å². The highest BCUT2D eigenvalue weighted by Crippen LogP contribution is 2.18. The van der Waals surface area contributed by atoms with E-state index >= 15 is 0 Å². The summed E-state index contributed by atoms with van der Waals surface area (Å²) in [7, 11) is 1.62. The van der Waals surface area contributed by atoms with Crippen LogP contribution >= 0.6 is 0 Å². The SMILES string of the molecule is COc1ccc(-n2nc(NC(=O)COc3ccccc3)cc2C)cc1. The van der Waals surface area contributed by atoms with Crippen LogP contribution in [0.2, 0.25) is 0 Å². The Morgan fingerprint density at radius 3 is 2.48 bits per heavy atom. The Hall–Kier alpha value is -3.28. The van der Waals surface area contributed by atoms with Crippen LogP contribution in [0.5, 0.6) is 11.5 Å². The number of aryl methyl sites for hydroxylation is 1. The molecule has 2 aromatic carbocycles. The summed E-state index contributed by atoms with van der Waals surface area (Å²) < 4.78 is 12.3. The largest absolute Gasteiger partial charge is 0.497 e. The van der Waals surface area contributed by atoms with E-state index in [1.165, 1.54) is 0 Å². The summed E-state index contributed by atoms with van der Waals surface area (Å²) >= 11 is 0. The molecule has 0 atom stereocenters. The number of para-hydroxylation sites is 1. The van der Waals surface area contributed by atoms with Crippen LogP contribution in [0.4, 0.5) is 5.82 Å². The summed E-state index contributed by atoms with van der Waals surface area (Å²) in [4.78, 5) is 12.0. The minimum absolute atomic E-state index is 0.0710. The average Bonchev–Trinajstić information content (AvgIpc) is 3.01. The molecule has 3 aromatic rings. The quantitative estimate of drug-likeness (QED) is 0.750. The average molecular weight is 337 g/mol. The molecule has 0 spiro atoms. The second kappa shape index (κ2) is 7.53. The molecule has 1 N–H and O–H groups in total. The molecule has 3 rings (SSSR count). The van der Waals surface area contributed by atoms with Gasteiger partial charge in [0.1, 0.15) is 11.5 Å². The van der Waals surface area contributed by atoms with Gasteiger partial charge in [-0.2, -0.15) is 0 Å². The van der Waals surface area contributed by atoms with Gasteiger partial charge in [0.05, 0.1) is 12.8 Å². The molecule has 0 aliphatic carbocycles. The van der Waals surface area contributed by atoms with Gasteiger partial charge < -0.3 is 14.8 Å². The number of hydrogen-bond donors (Lipinski definition) is 1. The number of hydrogen-bond acceptors (Lipinski definition) is 4. The van der Waals surface area contributed by atoms with Gasteiger partial charge >= 0.3 is 0 Å². The number of anilines is 1. The maximum Gasteiger partial charge on any atom is 0.263 e. The van der Waals surface area contributed by atoms with Crippen LogP contribution in [0.15, 0.2) is 60.7 Å². The third-order valence-electron chi connectivity index (χ3n) is 3.59. The second-order valence-corrected chi connectivity index (χ2v) is 5.43. The summed E-state index contributed by atoms with van der Waals surface area (Å²) in [5.74, 6) is 1.65. The lowest BCUT2D eigenvalue weighted by atomic mass is 10.3. The molecule has 1 aromatic heterocycles. The molecule has 6 heteroatoms. The number of methoxy groups -OCH3 is 1. The van der Waals surface area contributed by atoms with Gasteiger partial charge in [0.2, 0.25) is 0 Å². The van der Waals surface area contributed by atoms with Gasteiger partial charge in [-0.3, -0.25) is 4.79 Å². The number of nitrogens with one attached hydrogen (secondary N) is 1. The molecule has 0 unspecified atom stereocenters. The predicted octanol–water partition coefficient (Wildman–Crippen LogP) is 3.21. The maximum atomic E-state index is 12.0. The highest BCUT2D eigenvalue weighted by molar-refractivity contribution is 5.91. The van der Waals surface area contributed by atoms with Crippen molar-refractivity contribution in [1.29, 1.82) is 0 Å². The van der Waals surface area contributed by atoms with Crippen LogP contribution in [-0.4, -0.2) is 29.4 Å². The Bertz CT molecular complexity index is 842. The van der Waals surface area contributed by atoms with E-state index in [-0.39, 0.29) is 12.5 Å². The molecule has 25 heavy (non-hydrogen) atoms. The van der Waals surface area contributed by atoms with Crippen LogP contribution in [0.1, 0.15) is 5.69 Å². The summed E-state index contributed by atoms with van der Waals surface area (Å²) in [6.07, 6.45) is 0. The van der Waals surface area contributed by atoms with E-state index in [9.17, 15) is 4.79 Å². The van der Waals surface area contributed by atoms with E-state index in [4.69, 9.17) is 9.47 Å². The fourth-order valence-corrected chi connectivity index (χ4v) is 2.36. The number of aromatic nitrogens is 2. The van der Waals surface area contributed by atoms with Crippen LogP contribution in [-0.2, 0) is 4.79 Å². The molecular formula is C19H19N3O3. The van der Waals surface area contributed by atoms with Crippen molar-refractivity contribution in [3.63, 3.8) is 0 Å². The Morgan fingerprint density at radius 2 is 1.80 bits per heavy atom. The number of benzene rings is 2. The van der Waals surface area contributed by atoms with Crippen molar-refractivity contribution < 1.29 is 14.3 Å². The number of nitrogens with zero attached hydrogens (tertiary/aromatic N) is 2. The van der Waals surface area contributed by atoms with Crippen molar-refractivity contribution in [2.24, 2.45) is 0 Å². The molecule has 6 nitrogen and oxygen atoms in total. The summed E-state index contributed by atoms with van der Waals surface area (Å²) in [6.45, 7) is 1.85. The van der Waals surface area contributed by atoms with Crippen LogP contribution in [0.3, 0.4) is 0 Å². The summed E-state index contributed by atoms with van der Waals surface area (Å²) in [6, 6.07) is 18.6. The second-order valence-electron chi connectivity index (χ2n) is 5.43. The Balaban J connectivity index is 1.64. The number of amides is 1. The Morgan fingerprint density at radius 1 is 1.08 bits per heavy atom. The zero-order chi connectivity index (χ0) is 17.6. The van der Waals surface area contributed by atoms with E-state index < -0.39 is 0 Å². The van der Waals surface area contributed by atoms with Crippen molar-refractivity contribution in [2.75, 3.05) is 19.0 Å². The highest BCUT2D eigenvalue weighted by Gasteiger charge is 2.10. The van der Waals surface area contributed by atoms with Crippen LogP contribution in [0, 0.1) is 6.92 Å². The molecule has 0 aliphatic heterocycles. The first-order chi connectivity index (χ1) is 12.2. The minimum atomic E-state index is -0.261. The lowest BCUT2D eigenvalue weighted by Gasteiger charge is -2.06. The van der Waals surface area contributed by atoms with Crippen molar-refractivity contribution in [3.05, 3.63) is 66.4 Å². The summed E-state index contributed by atoms with van der Waals surface area (Å²) in [5, 5.41) is 7.16. The normalized spacial score (nSPS) is 10.3. The zero-order valence-corrected chi connectivity index (χ0v) is 14.1.